The van der Waals surface area contributed by atoms with Crippen LogP contribution in [0.5, 0.6) is 0 Å². The molecule has 0 amide bonds. The summed E-state index contributed by atoms with van der Waals surface area (Å²) < 4.78 is 0. The van der Waals surface area contributed by atoms with Crippen molar-refractivity contribution in [1.82, 2.24) is 0 Å². The zero-order valence-corrected chi connectivity index (χ0v) is 12.3. The van der Waals surface area contributed by atoms with Gasteiger partial charge in [0.2, 0.25) is 0 Å². The molecule has 0 rings (SSSR count). The Balaban J connectivity index is -0.0000000447. The van der Waals surface area contributed by atoms with E-state index in [2.05, 4.69) is 64.2 Å². The van der Waals surface area contributed by atoms with Gasteiger partial charge in [-0.25, -0.2) is 0 Å². The summed E-state index contributed by atoms with van der Waals surface area (Å²) in [4.78, 5) is 0. The van der Waals surface area contributed by atoms with Crippen molar-refractivity contribution in [3.8, 4) is 0 Å². The van der Waals surface area contributed by atoms with Crippen LogP contribution < -0.4 is 0 Å². The third kappa shape index (κ3) is 79.5. The molecule has 0 heteroatoms. The Morgan fingerprint density at radius 3 is 1.00 bits per heavy atom. The highest BCUT2D eigenvalue weighted by molar-refractivity contribution is 4.75. The van der Waals surface area contributed by atoms with Gasteiger partial charge in [-0.3, -0.25) is 0 Å². The first-order valence-electron chi connectivity index (χ1n) is 6.58. The average Bonchev–Trinajstić information content (AvgIpc) is 2.30. The second kappa shape index (κ2) is 44.2. The molecular formula is C18H40. The fourth-order valence-electron chi connectivity index (χ4n) is 0.805. The standard InChI is InChI=1S/C6H12.2C5H10.2CH4/c1-3-5-6-4-2;2*1-3-5-4-2;;/h3,5H,4,6H2,1-2H3;2*3,5H,4H2,1-2H3;2*1H4/b3*5-3+;;. The molecule has 0 aliphatic rings. The second-order valence-electron chi connectivity index (χ2n) is 3.31. The minimum Gasteiger partial charge on any atom is -0.0917 e. The lowest BCUT2D eigenvalue weighted by molar-refractivity contribution is 0.957. The summed E-state index contributed by atoms with van der Waals surface area (Å²) in [5, 5.41) is 0. The highest BCUT2D eigenvalue weighted by atomic mass is 13.7. The van der Waals surface area contributed by atoms with E-state index in [-0.39, 0.29) is 14.9 Å². The third-order valence-electron chi connectivity index (χ3n) is 1.63. The number of hydrogen-bond acceptors (Lipinski definition) is 0. The molecular weight excluding hydrogens is 216 g/mol. The highest BCUT2D eigenvalue weighted by Crippen LogP contribution is 1.85. The maximum Gasteiger partial charge on any atom is -0.0353 e. The van der Waals surface area contributed by atoms with Crippen LogP contribution in [0.25, 0.3) is 0 Å². The molecule has 0 radical (unpaired) electrons. The molecule has 18 heavy (non-hydrogen) atoms. The van der Waals surface area contributed by atoms with Gasteiger partial charge in [0.25, 0.3) is 0 Å². The van der Waals surface area contributed by atoms with Crippen molar-refractivity contribution in [3.05, 3.63) is 36.5 Å². The summed E-state index contributed by atoms with van der Waals surface area (Å²) in [5.41, 5.74) is 0. The Labute approximate surface area is 119 Å². The van der Waals surface area contributed by atoms with Crippen LogP contribution in [-0.2, 0) is 0 Å². The lowest BCUT2D eigenvalue weighted by Crippen LogP contribution is -1.55. The van der Waals surface area contributed by atoms with E-state index in [1.165, 1.54) is 12.8 Å². The Morgan fingerprint density at radius 1 is 0.611 bits per heavy atom. The van der Waals surface area contributed by atoms with Crippen molar-refractivity contribution in [2.24, 2.45) is 0 Å². The maximum absolute atomic E-state index is 2.18. The molecule has 0 unspecified atom stereocenters. The van der Waals surface area contributed by atoms with Gasteiger partial charge in [-0.05, 0) is 40.0 Å². The molecule has 0 aromatic rings. The summed E-state index contributed by atoms with van der Waals surface area (Å²) in [5.74, 6) is 0. The quantitative estimate of drug-likeness (QED) is 0.455. The lowest BCUT2D eigenvalue weighted by atomic mass is 10.3. The Kier molecular flexibility index (Phi) is 74.5. The lowest BCUT2D eigenvalue weighted by Gasteiger charge is -1.76. The van der Waals surface area contributed by atoms with Crippen LogP contribution >= 0.6 is 0 Å². The van der Waals surface area contributed by atoms with Crippen LogP contribution in [0.2, 0.25) is 0 Å². The molecule has 0 saturated carbocycles. The summed E-state index contributed by atoms with van der Waals surface area (Å²) in [6, 6.07) is 0. The Hall–Kier alpha value is -0.780. The molecule has 112 valence electrons. The molecule has 0 heterocycles. The van der Waals surface area contributed by atoms with Crippen LogP contribution in [0.3, 0.4) is 0 Å². The van der Waals surface area contributed by atoms with Crippen molar-refractivity contribution in [1.29, 1.82) is 0 Å². The van der Waals surface area contributed by atoms with E-state index < -0.39 is 0 Å². The number of rotatable bonds is 4. The minimum atomic E-state index is 0. The van der Waals surface area contributed by atoms with Gasteiger partial charge in [0.1, 0.15) is 0 Å². The van der Waals surface area contributed by atoms with E-state index in [0.29, 0.717) is 0 Å². The first-order chi connectivity index (χ1) is 7.74. The molecule has 0 N–H and O–H groups in total. The number of allylic oxidation sites excluding steroid dienone is 6. The molecule has 0 aliphatic heterocycles. The zero-order valence-electron chi connectivity index (χ0n) is 12.3. The van der Waals surface area contributed by atoms with E-state index in [0.717, 1.165) is 12.8 Å². The predicted molar refractivity (Wildman–Crippen MR) is 93.4 cm³/mol. The summed E-state index contributed by atoms with van der Waals surface area (Å²) >= 11 is 0. The van der Waals surface area contributed by atoms with E-state index >= 15 is 0 Å². The van der Waals surface area contributed by atoms with Gasteiger partial charge in [-0.1, -0.05) is 78.5 Å². The largest absolute Gasteiger partial charge is 0.0917 e. The fourth-order valence-corrected chi connectivity index (χ4v) is 0.805. The first-order valence-corrected chi connectivity index (χ1v) is 6.58. The topological polar surface area (TPSA) is 0 Å². The van der Waals surface area contributed by atoms with E-state index in [1.807, 2.05) is 13.8 Å². The molecule has 0 spiro atoms. The second-order valence-corrected chi connectivity index (χ2v) is 3.31. The predicted octanol–water partition coefficient (Wildman–Crippen LogP) is 7.58. The molecule has 0 aliphatic carbocycles. The van der Waals surface area contributed by atoms with E-state index in [9.17, 15) is 0 Å². The summed E-state index contributed by atoms with van der Waals surface area (Å²) in [6.45, 7) is 12.5. The van der Waals surface area contributed by atoms with Gasteiger partial charge in [0.05, 0.1) is 0 Å². The normalized spacial score (nSPS) is 9.00. The molecule has 0 atom stereocenters. The van der Waals surface area contributed by atoms with Crippen molar-refractivity contribution < 1.29 is 0 Å². The molecule has 0 aromatic carbocycles. The highest BCUT2D eigenvalue weighted by Gasteiger charge is 1.64. The zero-order chi connectivity index (χ0) is 13.1. The monoisotopic (exact) mass is 256 g/mol. The first kappa shape index (κ1) is 30.3. The van der Waals surface area contributed by atoms with E-state index in [1.54, 1.807) is 0 Å². The van der Waals surface area contributed by atoms with E-state index in [4.69, 9.17) is 0 Å². The van der Waals surface area contributed by atoms with Gasteiger partial charge in [-0.15, -0.1) is 0 Å². The van der Waals surface area contributed by atoms with Gasteiger partial charge in [0, 0.05) is 0 Å². The van der Waals surface area contributed by atoms with Crippen molar-refractivity contribution in [2.45, 2.75) is 82.1 Å². The van der Waals surface area contributed by atoms with Crippen LogP contribution in [0, 0.1) is 0 Å². The third-order valence-corrected chi connectivity index (χ3v) is 1.63. The Morgan fingerprint density at radius 2 is 0.944 bits per heavy atom. The van der Waals surface area contributed by atoms with Crippen LogP contribution in [0.4, 0.5) is 0 Å². The van der Waals surface area contributed by atoms with Crippen LogP contribution in [0.15, 0.2) is 36.5 Å². The number of unbranched alkanes of at least 4 members (excludes halogenated alkanes) is 1. The minimum absolute atomic E-state index is 0. The van der Waals surface area contributed by atoms with Crippen LogP contribution in [0.1, 0.15) is 82.1 Å². The van der Waals surface area contributed by atoms with Crippen molar-refractivity contribution in [2.75, 3.05) is 0 Å². The molecule has 0 fully saturated rings. The molecule has 0 aromatic heterocycles. The van der Waals surface area contributed by atoms with Gasteiger partial charge < -0.3 is 0 Å². The SMILES string of the molecule is C.C.C/C=C/CC.C/C=C/CC.C/C=C/CCC. The van der Waals surface area contributed by atoms with Gasteiger partial charge >= 0.3 is 0 Å². The van der Waals surface area contributed by atoms with Crippen LogP contribution in [-0.4, -0.2) is 0 Å². The molecule has 0 bridgehead atoms. The number of hydrogen-bond donors (Lipinski definition) is 0. The average molecular weight is 257 g/mol. The summed E-state index contributed by atoms with van der Waals surface area (Å²) in [6.07, 6.45) is 17.5. The van der Waals surface area contributed by atoms with Crippen molar-refractivity contribution >= 4 is 0 Å². The maximum atomic E-state index is 2.18. The van der Waals surface area contributed by atoms with Gasteiger partial charge in [-0.2, -0.15) is 0 Å². The molecule has 0 saturated heterocycles. The van der Waals surface area contributed by atoms with Gasteiger partial charge in [0.15, 0.2) is 0 Å². The van der Waals surface area contributed by atoms with Crippen molar-refractivity contribution in [3.63, 3.8) is 0 Å². The smallest absolute Gasteiger partial charge is 0.0353 e. The molecule has 0 nitrogen and oxygen atoms in total. The summed E-state index contributed by atoms with van der Waals surface area (Å²) in [7, 11) is 0. The Bertz CT molecular complexity index is 137. The fraction of sp³-hybridized carbons (Fsp3) is 0.667.